The molecule has 1 fully saturated rings. The maximum Gasteiger partial charge on any atom is 0.338 e. The zero-order valence-electron chi connectivity index (χ0n) is 19.6. The van der Waals surface area contributed by atoms with Crippen molar-refractivity contribution in [3.05, 3.63) is 59.7 Å². The zero-order chi connectivity index (χ0) is 24.9. The molecular formula is C24H31N3O6S. The first kappa shape index (κ1) is 25.7. The van der Waals surface area contributed by atoms with Gasteiger partial charge in [0.05, 0.1) is 16.6 Å². The predicted molar refractivity (Wildman–Crippen MR) is 128 cm³/mol. The highest BCUT2D eigenvalue weighted by molar-refractivity contribution is 7.92. The van der Waals surface area contributed by atoms with Crippen molar-refractivity contribution < 1.29 is 27.9 Å². The fourth-order valence-electron chi connectivity index (χ4n) is 3.63. The number of likely N-dealkylation sites (N-methyl/N-ethyl adjacent to an activating group) is 1. The second-order valence-electron chi connectivity index (χ2n) is 8.23. The minimum absolute atomic E-state index is 0.0486. The number of aliphatic hydroxyl groups is 1. The molecule has 0 radical (unpaired) electrons. The molecule has 1 aliphatic rings. The van der Waals surface area contributed by atoms with E-state index in [9.17, 15) is 23.1 Å². The van der Waals surface area contributed by atoms with Gasteiger partial charge in [-0.1, -0.05) is 19.1 Å². The predicted octanol–water partition coefficient (Wildman–Crippen LogP) is 2.25. The summed E-state index contributed by atoms with van der Waals surface area (Å²) in [5.74, 6) is -0.883. The summed E-state index contributed by atoms with van der Waals surface area (Å²) in [4.78, 5) is 29.1. The number of carbonyl (C=O) groups is 2. The van der Waals surface area contributed by atoms with Crippen LogP contribution < -0.4 is 4.72 Å². The van der Waals surface area contributed by atoms with E-state index >= 15 is 0 Å². The number of hydrogen-bond acceptors (Lipinski definition) is 7. The number of nitrogens with one attached hydrogen (secondary N) is 1. The van der Waals surface area contributed by atoms with Gasteiger partial charge in [0.1, 0.15) is 0 Å². The number of piperazine rings is 1. The number of aliphatic hydroxyl groups excluding tert-OH is 1. The Balaban J connectivity index is 1.58. The van der Waals surface area contributed by atoms with Crippen LogP contribution in [-0.2, 0) is 19.6 Å². The molecule has 1 heterocycles. The van der Waals surface area contributed by atoms with Crippen molar-refractivity contribution in [3.63, 3.8) is 0 Å². The van der Waals surface area contributed by atoms with Crippen LogP contribution in [0.25, 0.3) is 0 Å². The highest BCUT2D eigenvalue weighted by atomic mass is 32.2. The Labute approximate surface area is 200 Å². The van der Waals surface area contributed by atoms with Crippen LogP contribution in [0.15, 0.2) is 53.4 Å². The van der Waals surface area contributed by atoms with E-state index in [4.69, 9.17) is 4.74 Å². The molecule has 2 aromatic rings. The maximum absolute atomic E-state index is 12.6. The van der Waals surface area contributed by atoms with Crippen molar-refractivity contribution in [1.82, 2.24) is 9.80 Å². The second kappa shape index (κ2) is 11.0. The highest BCUT2D eigenvalue weighted by Gasteiger charge is 2.27. The van der Waals surface area contributed by atoms with Gasteiger partial charge < -0.3 is 19.6 Å². The first-order valence-electron chi connectivity index (χ1n) is 11.2. The lowest BCUT2D eigenvalue weighted by Crippen LogP contribution is -2.51. The number of amides is 1. The molecule has 1 amide bonds. The number of rotatable bonds is 8. The van der Waals surface area contributed by atoms with E-state index in [2.05, 4.69) is 16.5 Å². The Bertz CT molecular complexity index is 1090. The van der Waals surface area contributed by atoms with Gasteiger partial charge in [0.15, 0.2) is 6.10 Å². The number of nitrogens with zero attached hydrogens (tertiary/aromatic N) is 2. The van der Waals surface area contributed by atoms with Gasteiger partial charge in [-0.3, -0.25) is 9.52 Å². The quantitative estimate of drug-likeness (QED) is 0.546. The third kappa shape index (κ3) is 6.34. The van der Waals surface area contributed by atoms with Gasteiger partial charge in [-0.05, 0) is 62.4 Å². The Kier molecular flexibility index (Phi) is 8.29. The second-order valence-corrected chi connectivity index (χ2v) is 9.92. The fraction of sp³-hybridized carbons (Fsp3) is 0.417. The largest absolute Gasteiger partial charge is 0.449 e. The monoisotopic (exact) mass is 489 g/mol. The van der Waals surface area contributed by atoms with Crippen molar-refractivity contribution in [2.45, 2.75) is 37.9 Å². The summed E-state index contributed by atoms with van der Waals surface area (Å²) in [6.45, 7) is 8.96. The van der Waals surface area contributed by atoms with Crippen molar-refractivity contribution in [2.24, 2.45) is 0 Å². The van der Waals surface area contributed by atoms with Gasteiger partial charge >= 0.3 is 5.97 Å². The summed E-state index contributed by atoms with van der Waals surface area (Å²) < 4.78 is 33.0. The third-order valence-corrected chi connectivity index (χ3v) is 7.21. The summed E-state index contributed by atoms with van der Waals surface area (Å²) >= 11 is 0. The average molecular weight is 490 g/mol. The minimum atomic E-state index is -3.84. The summed E-state index contributed by atoms with van der Waals surface area (Å²) in [5.41, 5.74) is 1.09. The lowest BCUT2D eigenvalue weighted by molar-refractivity contribution is -0.141. The van der Waals surface area contributed by atoms with E-state index in [1.165, 1.54) is 36.4 Å². The molecule has 2 unspecified atom stereocenters. The van der Waals surface area contributed by atoms with Crippen LogP contribution in [0, 0.1) is 0 Å². The smallest absolute Gasteiger partial charge is 0.338 e. The van der Waals surface area contributed by atoms with Gasteiger partial charge in [0.2, 0.25) is 0 Å². The number of benzene rings is 2. The molecule has 9 nitrogen and oxygen atoms in total. The fourth-order valence-corrected chi connectivity index (χ4v) is 4.69. The molecule has 0 bridgehead atoms. The van der Waals surface area contributed by atoms with E-state index in [0.717, 1.165) is 19.6 Å². The molecule has 1 aliphatic heterocycles. The molecule has 34 heavy (non-hydrogen) atoms. The Hall–Kier alpha value is -2.95. The van der Waals surface area contributed by atoms with E-state index in [1.807, 2.05) is 0 Å². The van der Waals surface area contributed by atoms with Crippen molar-refractivity contribution in [2.75, 3.05) is 37.4 Å². The topological polar surface area (TPSA) is 116 Å². The van der Waals surface area contributed by atoms with E-state index in [1.54, 1.807) is 30.9 Å². The molecule has 1 saturated heterocycles. The highest BCUT2D eigenvalue weighted by Crippen LogP contribution is 2.20. The lowest BCUT2D eigenvalue weighted by atomic mass is 10.1. The number of ether oxygens (including phenoxy) is 1. The first-order valence-corrected chi connectivity index (χ1v) is 12.7. The van der Waals surface area contributed by atoms with Crippen LogP contribution >= 0.6 is 0 Å². The van der Waals surface area contributed by atoms with Gasteiger partial charge in [-0.25, -0.2) is 13.2 Å². The van der Waals surface area contributed by atoms with Gasteiger partial charge in [-0.2, -0.15) is 0 Å². The molecule has 0 aliphatic carbocycles. The minimum Gasteiger partial charge on any atom is -0.449 e. The van der Waals surface area contributed by atoms with Crippen LogP contribution in [-0.4, -0.2) is 74.0 Å². The molecule has 2 N–H and O–H groups in total. The molecule has 2 aromatic carbocycles. The summed E-state index contributed by atoms with van der Waals surface area (Å²) in [6.07, 6.45) is -1.61. The van der Waals surface area contributed by atoms with Crippen molar-refractivity contribution in [1.29, 1.82) is 0 Å². The van der Waals surface area contributed by atoms with Crippen LogP contribution in [0.1, 0.15) is 42.8 Å². The Morgan fingerprint density at radius 2 is 1.59 bits per heavy atom. The molecular weight excluding hydrogens is 458 g/mol. The van der Waals surface area contributed by atoms with Crippen LogP contribution in [0.4, 0.5) is 5.69 Å². The summed E-state index contributed by atoms with van der Waals surface area (Å²) in [5, 5.41) is 9.57. The van der Waals surface area contributed by atoms with Crippen LogP contribution in [0.3, 0.4) is 0 Å². The van der Waals surface area contributed by atoms with Gasteiger partial charge in [0, 0.05) is 31.9 Å². The van der Waals surface area contributed by atoms with E-state index < -0.39 is 28.2 Å². The van der Waals surface area contributed by atoms with Gasteiger partial charge in [-0.15, -0.1) is 0 Å². The van der Waals surface area contributed by atoms with E-state index in [-0.39, 0.29) is 22.1 Å². The first-order chi connectivity index (χ1) is 16.1. The molecule has 0 spiro atoms. The molecule has 2 atom stereocenters. The molecule has 0 aromatic heterocycles. The standard InChI is InChI=1S/C24H31N3O6S/c1-4-26-13-15-27(16-14-26)23(29)18(3)33-24(30)20-5-9-21(10-6-20)25-34(31,32)22-11-7-19(8-12-22)17(2)28/h5-12,17-18,25,28H,4,13-16H2,1-3H3. The Morgan fingerprint density at radius 1 is 1.00 bits per heavy atom. The number of anilines is 1. The van der Waals surface area contributed by atoms with Crippen molar-refractivity contribution in [3.8, 4) is 0 Å². The zero-order valence-corrected chi connectivity index (χ0v) is 20.4. The van der Waals surface area contributed by atoms with Crippen LogP contribution in [0.5, 0.6) is 0 Å². The summed E-state index contributed by atoms with van der Waals surface area (Å²) in [6, 6.07) is 11.7. The van der Waals surface area contributed by atoms with E-state index in [0.29, 0.717) is 18.7 Å². The number of hydrogen-bond donors (Lipinski definition) is 2. The molecule has 184 valence electrons. The lowest BCUT2D eigenvalue weighted by Gasteiger charge is -2.35. The third-order valence-electron chi connectivity index (χ3n) is 5.81. The number of carbonyl (C=O) groups excluding carboxylic acids is 2. The Morgan fingerprint density at radius 3 is 2.12 bits per heavy atom. The average Bonchev–Trinajstić information content (AvgIpc) is 2.83. The normalized spacial score (nSPS) is 16.5. The number of sulfonamides is 1. The molecule has 0 saturated carbocycles. The van der Waals surface area contributed by atoms with Gasteiger partial charge in [0.25, 0.3) is 15.9 Å². The summed E-state index contributed by atoms with van der Waals surface area (Å²) in [7, 11) is -3.84. The maximum atomic E-state index is 12.6. The van der Waals surface area contributed by atoms with Crippen LogP contribution in [0.2, 0.25) is 0 Å². The molecule has 3 rings (SSSR count). The molecule has 10 heteroatoms. The SMILES string of the molecule is CCN1CCN(C(=O)C(C)OC(=O)c2ccc(NS(=O)(=O)c3ccc(C(C)O)cc3)cc2)CC1. The van der Waals surface area contributed by atoms with Crippen molar-refractivity contribution >= 4 is 27.6 Å². The number of esters is 1.